The molecule has 2 aromatic carbocycles. The zero-order valence-electron chi connectivity index (χ0n) is 36.3. The first-order valence-corrected chi connectivity index (χ1v) is 23.8. The molecule has 3 aromatic rings. The third-order valence-corrected chi connectivity index (χ3v) is 15.0. The van der Waals surface area contributed by atoms with E-state index in [1.54, 1.807) is 91.5 Å². The van der Waals surface area contributed by atoms with Crippen LogP contribution in [0.25, 0.3) is 10.9 Å². The molecule has 16 heteroatoms. The van der Waals surface area contributed by atoms with Crippen LogP contribution >= 0.6 is 0 Å². The largest absolute Gasteiger partial charge is 0.755 e. The highest BCUT2D eigenvalue weighted by atomic mass is 32.2. The number of hydrogen-bond donors (Lipinski definition) is 0. The van der Waals surface area contributed by atoms with Gasteiger partial charge < -0.3 is 32.8 Å². The van der Waals surface area contributed by atoms with Gasteiger partial charge in [0.05, 0.1) is 30.4 Å². The maximum absolute atomic E-state index is 13.9. The van der Waals surface area contributed by atoms with Gasteiger partial charge in [-0.3, -0.25) is 13.3 Å². The second kappa shape index (κ2) is 18.9. The first-order chi connectivity index (χ1) is 27.0. The molecule has 2 atom stereocenters. The number of rotatable bonds is 17. The van der Waals surface area contributed by atoms with Crippen LogP contribution in [0.15, 0.2) is 42.5 Å². The van der Waals surface area contributed by atoms with Crippen LogP contribution in [0.3, 0.4) is 0 Å². The van der Waals surface area contributed by atoms with E-state index in [4.69, 9.17) is 23.4 Å². The van der Waals surface area contributed by atoms with Gasteiger partial charge in [0, 0.05) is 34.3 Å². The molecule has 0 spiro atoms. The molecule has 14 nitrogen and oxygen atoms in total. The van der Waals surface area contributed by atoms with Gasteiger partial charge in [-0.15, -0.1) is 0 Å². The Morgan fingerprint density at radius 3 is 2.07 bits per heavy atom. The number of aromatic nitrogens is 2. The second-order valence-electron chi connectivity index (χ2n) is 17.8. The van der Waals surface area contributed by atoms with Crippen LogP contribution in [0.4, 0.5) is 15.3 Å². The van der Waals surface area contributed by atoms with E-state index >= 15 is 0 Å². The molecule has 0 radical (unpaired) electrons. The van der Waals surface area contributed by atoms with E-state index in [1.165, 1.54) is 4.68 Å². The number of ether oxygens (including phenoxy) is 4. The Balaban J connectivity index is 1.66. The minimum Gasteiger partial charge on any atom is -0.755 e. The van der Waals surface area contributed by atoms with Gasteiger partial charge in [-0.1, -0.05) is 32.9 Å². The molecule has 1 fully saturated rings. The van der Waals surface area contributed by atoms with Gasteiger partial charge in [-0.25, -0.2) is 9.59 Å². The minimum absolute atomic E-state index is 0.0677. The number of carbonyl (C=O) groups is 3. The summed E-state index contributed by atoms with van der Waals surface area (Å²) in [7, 11) is -2.34. The van der Waals surface area contributed by atoms with Crippen molar-refractivity contribution >= 4 is 54.3 Å². The van der Waals surface area contributed by atoms with Crippen molar-refractivity contribution in [1.82, 2.24) is 14.7 Å². The first-order valence-electron chi connectivity index (χ1n) is 20.2. The Bertz CT molecular complexity index is 1920. The lowest BCUT2D eigenvalue weighted by molar-refractivity contribution is -0.152. The Hall–Kier alpha value is -3.99. The number of esters is 1. The molecule has 58 heavy (non-hydrogen) atoms. The van der Waals surface area contributed by atoms with Crippen LogP contribution in [0.1, 0.15) is 119 Å². The lowest BCUT2D eigenvalue weighted by atomic mass is 10.1. The average Bonchev–Trinajstić information content (AvgIpc) is 3.89. The fraction of sp³-hybridized carbons (Fsp3) is 0.619. The van der Waals surface area contributed by atoms with Crippen LogP contribution in [0, 0.1) is 0 Å². The zero-order chi connectivity index (χ0) is 43.2. The Kier molecular flexibility index (Phi) is 15.2. The topological polar surface area (TPSA) is 162 Å². The summed E-state index contributed by atoms with van der Waals surface area (Å²) in [5, 5.41) is 5.52. The molecule has 0 saturated heterocycles. The molecule has 322 valence electrons. The van der Waals surface area contributed by atoms with Gasteiger partial charge >= 0.3 is 18.2 Å². The smallest absolute Gasteiger partial charge is 0.435 e. The van der Waals surface area contributed by atoms with Crippen molar-refractivity contribution in [1.29, 1.82) is 0 Å². The number of anilines is 1. The number of nitrogens with zero attached hydrogens (tertiary/aromatic N) is 4. The van der Waals surface area contributed by atoms with Crippen molar-refractivity contribution in [3.05, 3.63) is 53.7 Å². The summed E-state index contributed by atoms with van der Waals surface area (Å²) in [4.78, 5) is 41.4. The molecular weight excluding hydrogens is 781 g/mol. The van der Waals surface area contributed by atoms with E-state index in [-0.39, 0.29) is 25.4 Å². The van der Waals surface area contributed by atoms with Gasteiger partial charge in [0.15, 0.2) is 8.32 Å². The molecule has 1 amide bonds. The highest BCUT2D eigenvalue weighted by Crippen LogP contribution is 2.43. The van der Waals surface area contributed by atoms with Crippen LogP contribution < -0.4 is 9.04 Å². The lowest BCUT2D eigenvalue weighted by Gasteiger charge is -2.37. The van der Waals surface area contributed by atoms with Crippen molar-refractivity contribution in [3.8, 4) is 5.75 Å². The summed E-state index contributed by atoms with van der Waals surface area (Å²) in [6.07, 6.45) is 0.192. The standard InChI is InChI=1S/C42H64N4O10SSi/c1-13-58(14-2,15-3)56-35(30-17-16-18-31(25-30)45(57(50)51)28-36(47)53-40(4,5)6)27-44(38(48)54-41(7,8)9)23-24-52-32-21-22-33-34(26-32)46(39(49)55-42(10,11)12)43-37(33)29-19-20-29/h16-18,21-22,25-26,29,35H,13-15,19-20,23-24,27-28H2,1-12H3,(H,50,51)/p-1. The van der Waals surface area contributed by atoms with Crippen molar-refractivity contribution in [2.24, 2.45) is 0 Å². The fourth-order valence-corrected chi connectivity index (χ4v) is 9.79. The Morgan fingerprint density at radius 2 is 1.52 bits per heavy atom. The predicted octanol–water partition coefficient (Wildman–Crippen LogP) is 9.02. The molecule has 0 N–H and O–H groups in total. The molecule has 1 heterocycles. The summed E-state index contributed by atoms with van der Waals surface area (Å²) in [5.74, 6) is 0.0769. The molecule has 0 bridgehead atoms. The minimum atomic E-state index is -2.80. The third-order valence-electron chi connectivity index (χ3n) is 9.61. The van der Waals surface area contributed by atoms with E-state index in [1.807, 2.05) is 18.2 Å². The first kappa shape index (κ1) is 46.7. The van der Waals surface area contributed by atoms with E-state index in [9.17, 15) is 23.1 Å². The van der Waals surface area contributed by atoms with E-state index < -0.39 is 67.2 Å². The van der Waals surface area contributed by atoms with E-state index in [2.05, 4.69) is 25.9 Å². The summed E-state index contributed by atoms with van der Waals surface area (Å²) < 4.78 is 57.5. The van der Waals surface area contributed by atoms with Crippen LogP contribution in [-0.4, -0.2) is 93.0 Å². The number of benzene rings is 2. The van der Waals surface area contributed by atoms with Crippen LogP contribution in [-0.2, 0) is 34.7 Å². The summed E-state index contributed by atoms with van der Waals surface area (Å²) >= 11 is -2.80. The molecule has 1 aliphatic carbocycles. The normalized spacial score (nSPS) is 14.8. The molecule has 1 saturated carbocycles. The lowest BCUT2D eigenvalue weighted by Crippen LogP contribution is -2.45. The van der Waals surface area contributed by atoms with Gasteiger partial charge in [0.2, 0.25) is 0 Å². The Morgan fingerprint density at radius 1 is 0.897 bits per heavy atom. The van der Waals surface area contributed by atoms with E-state index in [0.29, 0.717) is 22.7 Å². The molecule has 0 aliphatic heterocycles. The highest BCUT2D eigenvalue weighted by molar-refractivity contribution is 7.80. The quantitative estimate of drug-likeness (QED) is 0.0552. The van der Waals surface area contributed by atoms with Gasteiger partial charge in [-0.05, 0) is 123 Å². The summed E-state index contributed by atoms with van der Waals surface area (Å²) in [6.45, 7) is 22.0. The maximum atomic E-state index is 13.9. The van der Waals surface area contributed by atoms with Crippen LogP contribution in [0.2, 0.25) is 18.1 Å². The molecule has 1 aliphatic rings. The van der Waals surface area contributed by atoms with Crippen molar-refractivity contribution in [2.75, 3.05) is 30.5 Å². The van der Waals surface area contributed by atoms with Crippen molar-refractivity contribution < 1.29 is 46.5 Å². The zero-order valence-corrected chi connectivity index (χ0v) is 38.2. The number of amides is 1. The Labute approximate surface area is 347 Å². The van der Waals surface area contributed by atoms with Crippen molar-refractivity contribution in [3.63, 3.8) is 0 Å². The van der Waals surface area contributed by atoms with Gasteiger partial charge in [0.25, 0.3) is 0 Å². The maximum Gasteiger partial charge on any atom is 0.435 e. The number of hydrogen-bond acceptors (Lipinski definition) is 11. The molecule has 2 unspecified atom stereocenters. The second-order valence-corrected chi connectivity index (χ2v) is 23.4. The third kappa shape index (κ3) is 13.3. The van der Waals surface area contributed by atoms with Gasteiger partial charge in [-0.2, -0.15) is 9.78 Å². The number of fused-ring (bicyclic) bond motifs is 1. The highest BCUT2D eigenvalue weighted by Gasteiger charge is 2.36. The molecule has 1 aromatic heterocycles. The molecular formula is C42H63N4O10SSi-. The van der Waals surface area contributed by atoms with Crippen LogP contribution in [0.5, 0.6) is 5.75 Å². The van der Waals surface area contributed by atoms with E-state index in [0.717, 1.165) is 46.4 Å². The molecule has 4 rings (SSSR count). The summed E-state index contributed by atoms with van der Waals surface area (Å²) in [6, 6.07) is 14.8. The fourth-order valence-electron chi connectivity index (χ4n) is 6.48. The van der Waals surface area contributed by atoms with Gasteiger partial charge in [0.1, 0.15) is 35.7 Å². The summed E-state index contributed by atoms with van der Waals surface area (Å²) in [5.41, 5.74) is 0.00726. The van der Waals surface area contributed by atoms with Crippen molar-refractivity contribution in [2.45, 2.75) is 143 Å². The predicted molar refractivity (Wildman–Crippen MR) is 226 cm³/mol. The average molecular weight is 844 g/mol. The SMILES string of the molecule is CC[Si](CC)(CC)OC(CN(CCOc1ccc2c(C3CC3)nn(C(=O)OC(C)(C)C)c2c1)C(=O)OC(C)(C)C)c1cccc(N(CC(=O)OC(C)(C)C)S(=O)[O-])c1. The monoisotopic (exact) mass is 843 g/mol. The number of carbonyl (C=O) groups excluding carboxylic acids is 3.